The zero-order chi connectivity index (χ0) is 13.3. The standard InChI is InChI=1S/C14H18N2O2S/c15-9-11-2-1-3-12(8-11)16-10-14(18-13(16)17)4-6-19-7-5-14/h1-3,8H,4-7,9-10,15H2. The summed E-state index contributed by atoms with van der Waals surface area (Å²) in [5.74, 6) is 2.15. The smallest absolute Gasteiger partial charge is 0.415 e. The molecule has 2 saturated heterocycles. The summed E-state index contributed by atoms with van der Waals surface area (Å²) in [6.07, 6.45) is 1.69. The van der Waals surface area contributed by atoms with Gasteiger partial charge in [-0.05, 0) is 42.0 Å². The van der Waals surface area contributed by atoms with Crippen molar-refractivity contribution in [3.63, 3.8) is 0 Å². The lowest BCUT2D eigenvalue weighted by molar-refractivity contribution is 0.0502. The minimum atomic E-state index is -0.263. The van der Waals surface area contributed by atoms with E-state index in [2.05, 4.69) is 0 Å². The largest absolute Gasteiger partial charge is 0.441 e. The molecular weight excluding hydrogens is 260 g/mol. The van der Waals surface area contributed by atoms with Crippen molar-refractivity contribution in [2.24, 2.45) is 5.73 Å². The third kappa shape index (κ3) is 2.44. The summed E-state index contributed by atoms with van der Waals surface area (Å²) in [6.45, 7) is 1.15. The molecule has 0 atom stereocenters. The van der Waals surface area contributed by atoms with Crippen molar-refractivity contribution in [2.75, 3.05) is 23.0 Å². The molecule has 2 aliphatic heterocycles. The van der Waals surface area contributed by atoms with E-state index in [1.165, 1.54) is 0 Å². The molecule has 1 spiro atoms. The normalized spacial score (nSPS) is 21.7. The van der Waals surface area contributed by atoms with Gasteiger partial charge in [-0.25, -0.2) is 4.79 Å². The molecule has 0 bridgehead atoms. The number of amides is 1. The van der Waals surface area contributed by atoms with E-state index < -0.39 is 0 Å². The summed E-state index contributed by atoms with van der Waals surface area (Å²) in [6, 6.07) is 7.82. The van der Waals surface area contributed by atoms with Crippen LogP contribution in [-0.4, -0.2) is 29.7 Å². The van der Waals surface area contributed by atoms with Gasteiger partial charge < -0.3 is 10.5 Å². The van der Waals surface area contributed by atoms with Crippen LogP contribution in [0, 0.1) is 0 Å². The summed E-state index contributed by atoms with van der Waals surface area (Å²) in [5, 5.41) is 0. The van der Waals surface area contributed by atoms with Crippen LogP contribution >= 0.6 is 11.8 Å². The molecule has 2 fully saturated rings. The molecule has 3 rings (SSSR count). The van der Waals surface area contributed by atoms with Gasteiger partial charge >= 0.3 is 6.09 Å². The first-order chi connectivity index (χ1) is 9.22. The number of thioether (sulfide) groups is 1. The number of nitrogens with two attached hydrogens (primary N) is 1. The number of ether oxygens (including phenoxy) is 1. The maximum Gasteiger partial charge on any atom is 0.415 e. The third-order valence-corrected chi connectivity index (χ3v) is 4.82. The van der Waals surface area contributed by atoms with Gasteiger partial charge in [0.05, 0.1) is 6.54 Å². The molecule has 102 valence electrons. The van der Waals surface area contributed by atoms with Crippen LogP contribution in [0.25, 0.3) is 0 Å². The summed E-state index contributed by atoms with van der Waals surface area (Å²) in [7, 11) is 0. The fourth-order valence-electron chi connectivity index (χ4n) is 2.68. The van der Waals surface area contributed by atoms with Crippen LogP contribution in [-0.2, 0) is 11.3 Å². The molecule has 0 aromatic heterocycles. The maximum absolute atomic E-state index is 12.1. The van der Waals surface area contributed by atoms with E-state index in [0.717, 1.165) is 35.6 Å². The Balaban J connectivity index is 1.83. The summed E-state index contributed by atoms with van der Waals surface area (Å²) >= 11 is 1.93. The second kappa shape index (κ2) is 5.06. The first kappa shape index (κ1) is 12.8. The van der Waals surface area contributed by atoms with Crippen LogP contribution in [0.4, 0.5) is 10.5 Å². The molecule has 1 aromatic carbocycles. The van der Waals surface area contributed by atoms with Crippen LogP contribution in [0.1, 0.15) is 18.4 Å². The zero-order valence-corrected chi connectivity index (χ0v) is 11.6. The molecule has 2 heterocycles. The van der Waals surface area contributed by atoms with Crippen molar-refractivity contribution in [1.82, 2.24) is 0 Å². The van der Waals surface area contributed by atoms with Crippen LogP contribution in [0.5, 0.6) is 0 Å². The van der Waals surface area contributed by atoms with Crippen molar-refractivity contribution in [3.05, 3.63) is 29.8 Å². The van der Waals surface area contributed by atoms with E-state index in [-0.39, 0.29) is 11.7 Å². The molecule has 2 aliphatic rings. The van der Waals surface area contributed by atoms with Crippen LogP contribution in [0.3, 0.4) is 0 Å². The average molecular weight is 278 g/mol. The maximum atomic E-state index is 12.1. The van der Waals surface area contributed by atoms with Crippen molar-refractivity contribution < 1.29 is 9.53 Å². The molecular formula is C14H18N2O2S. The summed E-state index contributed by atoms with van der Waals surface area (Å²) < 4.78 is 5.67. The second-order valence-corrected chi connectivity index (χ2v) is 6.35. The highest BCUT2D eigenvalue weighted by atomic mass is 32.2. The SMILES string of the molecule is NCc1cccc(N2CC3(CCSCC3)OC2=O)c1. The van der Waals surface area contributed by atoms with Gasteiger partial charge in [0.15, 0.2) is 0 Å². The van der Waals surface area contributed by atoms with E-state index in [4.69, 9.17) is 10.5 Å². The molecule has 2 N–H and O–H groups in total. The summed E-state index contributed by atoms with van der Waals surface area (Å²) in [5.41, 5.74) is 7.31. The van der Waals surface area contributed by atoms with E-state index in [1.54, 1.807) is 4.90 Å². The van der Waals surface area contributed by atoms with Gasteiger partial charge in [-0.1, -0.05) is 12.1 Å². The minimum Gasteiger partial charge on any atom is -0.441 e. The predicted molar refractivity (Wildman–Crippen MR) is 77.5 cm³/mol. The molecule has 0 radical (unpaired) electrons. The summed E-state index contributed by atoms with van der Waals surface area (Å²) in [4.78, 5) is 13.9. The van der Waals surface area contributed by atoms with Crippen molar-refractivity contribution in [1.29, 1.82) is 0 Å². The van der Waals surface area contributed by atoms with Crippen molar-refractivity contribution in [3.8, 4) is 0 Å². The van der Waals surface area contributed by atoms with Gasteiger partial charge in [0.2, 0.25) is 0 Å². The first-order valence-corrected chi connectivity index (χ1v) is 7.75. The first-order valence-electron chi connectivity index (χ1n) is 6.60. The fourth-order valence-corrected chi connectivity index (χ4v) is 3.91. The lowest BCUT2D eigenvalue weighted by Crippen LogP contribution is -2.38. The fraction of sp³-hybridized carbons (Fsp3) is 0.500. The molecule has 19 heavy (non-hydrogen) atoms. The number of carbonyl (C=O) groups is 1. The van der Waals surface area contributed by atoms with Gasteiger partial charge in [-0.2, -0.15) is 11.8 Å². The molecule has 1 aromatic rings. The topological polar surface area (TPSA) is 55.6 Å². The number of hydrogen-bond donors (Lipinski definition) is 1. The van der Waals surface area contributed by atoms with Gasteiger partial charge in [0.25, 0.3) is 0 Å². The second-order valence-electron chi connectivity index (χ2n) is 5.12. The third-order valence-electron chi connectivity index (χ3n) is 3.83. The monoisotopic (exact) mass is 278 g/mol. The Labute approximate surface area is 117 Å². The van der Waals surface area contributed by atoms with Crippen LogP contribution in [0.2, 0.25) is 0 Å². The van der Waals surface area contributed by atoms with Gasteiger partial charge in [0, 0.05) is 12.2 Å². The van der Waals surface area contributed by atoms with Gasteiger partial charge in [0.1, 0.15) is 5.60 Å². The highest BCUT2D eigenvalue weighted by molar-refractivity contribution is 7.99. The van der Waals surface area contributed by atoms with Crippen molar-refractivity contribution in [2.45, 2.75) is 25.0 Å². The Hall–Kier alpha value is -1.20. The Morgan fingerprint density at radius 3 is 2.89 bits per heavy atom. The van der Waals surface area contributed by atoms with Gasteiger partial charge in [-0.3, -0.25) is 4.90 Å². The highest BCUT2D eigenvalue weighted by Crippen LogP contribution is 2.37. The molecule has 0 unspecified atom stereocenters. The molecule has 4 nitrogen and oxygen atoms in total. The Morgan fingerprint density at radius 1 is 1.37 bits per heavy atom. The Morgan fingerprint density at radius 2 is 2.16 bits per heavy atom. The number of carbonyl (C=O) groups excluding carboxylic acids is 1. The van der Waals surface area contributed by atoms with Crippen LogP contribution < -0.4 is 10.6 Å². The molecule has 0 aliphatic carbocycles. The van der Waals surface area contributed by atoms with Crippen LogP contribution in [0.15, 0.2) is 24.3 Å². The Kier molecular flexibility index (Phi) is 3.41. The quantitative estimate of drug-likeness (QED) is 0.902. The number of rotatable bonds is 2. The zero-order valence-electron chi connectivity index (χ0n) is 10.8. The number of benzene rings is 1. The lowest BCUT2D eigenvalue weighted by Gasteiger charge is -2.30. The number of hydrogen-bond acceptors (Lipinski definition) is 4. The van der Waals surface area contributed by atoms with E-state index in [9.17, 15) is 4.79 Å². The highest BCUT2D eigenvalue weighted by Gasteiger charge is 2.46. The van der Waals surface area contributed by atoms with Gasteiger partial charge in [-0.15, -0.1) is 0 Å². The average Bonchev–Trinajstić information content (AvgIpc) is 2.76. The van der Waals surface area contributed by atoms with E-state index in [1.807, 2.05) is 36.0 Å². The molecule has 0 saturated carbocycles. The predicted octanol–water partition coefficient (Wildman–Crippen LogP) is 2.37. The molecule has 1 amide bonds. The lowest BCUT2D eigenvalue weighted by atomic mass is 9.97. The Bertz CT molecular complexity index is 486. The number of anilines is 1. The molecule has 5 heteroatoms. The van der Waals surface area contributed by atoms with E-state index in [0.29, 0.717) is 13.1 Å². The van der Waals surface area contributed by atoms with Crippen molar-refractivity contribution >= 4 is 23.5 Å². The number of nitrogens with zero attached hydrogens (tertiary/aromatic N) is 1. The minimum absolute atomic E-state index is 0.221. The van der Waals surface area contributed by atoms with E-state index >= 15 is 0 Å².